The van der Waals surface area contributed by atoms with Gasteiger partial charge in [-0.25, -0.2) is 0 Å². The smallest absolute Gasteiger partial charge is 0.259 e. The predicted octanol–water partition coefficient (Wildman–Crippen LogP) is -1.50. The molecule has 0 fully saturated rings. The lowest BCUT2D eigenvalue weighted by Gasteiger charge is -2.01. The van der Waals surface area contributed by atoms with E-state index in [1.54, 1.807) is 0 Å². The van der Waals surface area contributed by atoms with Crippen molar-refractivity contribution in [2.45, 2.75) is 6.42 Å². The first-order valence-electron chi connectivity index (χ1n) is 5.56. The number of aromatic amines is 2. The van der Waals surface area contributed by atoms with E-state index in [-0.39, 0.29) is 40.1 Å². The van der Waals surface area contributed by atoms with E-state index in [4.69, 9.17) is 5.11 Å². The molecule has 0 amide bonds. The molecule has 2 heterocycles. The van der Waals surface area contributed by atoms with Crippen LogP contribution in [0.2, 0.25) is 0 Å². The van der Waals surface area contributed by atoms with Gasteiger partial charge in [0.15, 0.2) is 0 Å². The highest BCUT2D eigenvalue weighted by molar-refractivity contribution is 6.01. The van der Waals surface area contributed by atoms with Crippen LogP contribution in [0.3, 0.4) is 0 Å². The topological polar surface area (TPSA) is 120 Å². The number of benzene rings is 1. The molecule has 3 rings (SSSR count). The molecule has 0 saturated carbocycles. The van der Waals surface area contributed by atoms with Crippen molar-refractivity contribution >= 4 is 21.5 Å². The second kappa shape index (κ2) is 3.72. The number of aliphatic hydroxyl groups excluding tert-OH is 1. The first kappa shape index (κ1) is 11.5. The number of aromatic nitrogens is 2. The second-order valence-corrected chi connectivity index (χ2v) is 4.24. The third-order valence-electron chi connectivity index (χ3n) is 3.19. The number of hydrogen-bond acceptors (Lipinski definition) is 5. The molecule has 0 aliphatic heterocycles. The molecule has 7 nitrogen and oxygen atoms in total. The maximum atomic E-state index is 11.7. The quantitative estimate of drug-likeness (QED) is 0.518. The van der Waals surface area contributed by atoms with Gasteiger partial charge in [0, 0.05) is 6.61 Å². The molecule has 0 aliphatic carbocycles. The van der Waals surface area contributed by atoms with E-state index in [1.807, 2.05) is 0 Å². The Morgan fingerprint density at radius 2 is 1.32 bits per heavy atom. The minimum atomic E-state index is -0.613. The Bertz CT molecular complexity index is 924. The van der Waals surface area contributed by atoms with Gasteiger partial charge in [0.05, 0.1) is 21.5 Å². The van der Waals surface area contributed by atoms with Gasteiger partial charge in [0.1, 0.15) is 0 Å². The highest BCUT2D eigenvalue weighted by atomic mass is 16.3. The fourth-order valence-electron chi connectivity index (χ4n) is 2.44. The predicted molar refractivity (Wildman–Crippen MR) is 68.4 cm³/mol. The Morgan fingerprint density at radius 3 is 1.74 bits per heavy atom. The Hall–Kier alpha value is -2.54. The van der Waals surface area contributed by atoms with Crippen molar-refractivity contribution in [2.75, 3.05) is 6.61 Å². The summed E-state index contributed by atoms with van der Waals surface area (Å²) < 4.78 is 0. The summed E-state index contributed by atoms with van der Waals surface area (Å²) in [5.41, 5.74) is -2.19. The third kappa shape index (κ3) is 1.42. The minimum Gasteiger partial charge on any atom is -0.396 e. The van der Waals surface area contributed by atoms with Gasteiger partial charge in [-0.2, -0.15) is 0 Å². The van der Waals surface area contributed by atoms with Crippen molar-refractivity contribution in [1.82, 2.24) is 9.97 Å². The third-order valence-corrected chi connectivity index (χ3v) is 3.19. The molecular formula is C12H8N2O5. The zero-order chi connectivity index (χ0) is 13.7. The average Bonchev–Trinajstić information content (AvgIpc) is 2.79. The Balaban J connectivity index is 2.74. The molecule has 0 spiro atoms. The molecule has 0 radical (unpaired) electrons. The summed E-state index contributed by atoms with van der Waals surface area (Å²) in [4.78, 5) is 50.9. The highest BCUT2D eigenvalue weighted by Gasteiger charge is 2.19. The van der Waals surface area contributed by atoms with Gasteiger partial charge in [-0.05, 0) is 18.1 Å². The molecule has 0 unspecified atom stereocenters. The summed E-state index contributed by atoms with van der Waals surface area (Å²) in [6.07, 6.45) is 0.0207. The number of rotatable bonds is 2. The van der Waals surface area contributed by atoms with Crippen molar-refractivity contribution in [3.05, 3.63) is 53.0 Å². The Labute approximate surface area is 103 Å². The normalized spacial score (nSPS) is 11.6. The van der Waals surface area contributed by atoms with Crippen molar-refractivity contribution in [3.63, 3.8) is 0 Å². The molecule has 0 bridgehead atoms. The van der Waals surface area contributed by atoms with Crippen molar-refractivity contribution < 1.29 is 5.11 Å². The van der Waals surface area contributed by atoms with E-state index in [1.165, 1.54) is 6.07 Å². The van der Waals surface area contributed by atoms with E-state index in [9.17, 15) is 19.2 Å². The van der Waals surface area contributed by atoms with Crippen LogP contribution in [-0.2, 0) is 6.42 Å². The SMILES string of the molecule is O=c1[nH]c(=O)c2c(CCO)c3c(=O)[nH]c(=O)c3cc12. The zero-order valence-electron chi connectivity index (χ0n) is 9.57. The van der Waals surface area contributed by atoms with E-state index in [0.717, 1.165) is 0 Å². The molecule has 3 N–H and O–H groups in total. The Morgan fingerprint density at radius 1 is 0.842 bits per heavy atom. The molecule has 7 heteroatoms. The number of hydrogen-bond donors (Lipinski definition) is 3. The van der Waals surface area contributed by atoms with Crippen LogP contribution >= 0.6 is 0 Å². The summed E-state index contributed by atoms with van der Waals surface area (Å²) in [6.45, 7) is -0.300. The van der Waals surface area contributed by atoms with E-state index >= 15 is 0 Å². The molecule has 0 atom stereocenters. The largest absolute Gasteiger partial charge is 0.396 e. The van der Waals surface area contributed by atoms with Gasteiger partial charge in [-0.1, -0.05) is 0 Å². The fourth-order valence-corrected chi connectivity index (χ4v) is 2.44. The molecule has 0 aliphatic rings. The molecule has 19 heavy (non-hydrogen) atoms. The molecule has 0 saturated heterocycles. The lowest BCUT2D eigenvalue weighted by Crippen LogP contribution is -2.09. The summed E-state index contributed by atoms with van der Waals surface area (Å²) in [6, 6.07) is 1.24. The highest BCUT2D eigenvalue weighted by Crippen LogP contribution is 2.20. The van der Waals surface area contributed by atoms with Gasteiger partial charge in [0.25, 0.3) is 22.2 Å². The number of aliphatic hydroxyl groups is 1. The molecular weight excluding hydrogens is 252 g/mol. The minimum absolute atomic E-state index is 0.0207. The number of fused-ring (bicyclic) bond motifs is 2. The summed E-state index contributed by atoms with van der Waals surface area (Å²) >= 11 is 0. The average molecular weight is 260 g/mol. The number of nitrogens with one attached hydrogen (secondary N) is 2. The first-order chi connectivity index (χ1) is 9.04. The van der Waals surface area contributed by atoms with E-state index in [0.29, 0.717) is 0 Å². The molecule has 96 valence electrons. The first-order valence-corrected chi connectivity index (χ1v) is 5.56. The second-order valence-electron chi connectivity index (χ2n) is 4.24. The van der Waals surface area contributed by atoms with Crippen molar-refractivity contribution in [3.8, 4) is 0 Å². The molecule has 3 aromatic rings. The zero-order valence-corrected chi connectivity index (χ0v) is 9.57. The van der Waals surface area contributed by atoms with Crippen LogP contribution < -0.4 is 22.2 Å². The van der Waals surface area contributed by atoms with Gasteiger partial charge in [0.2, 0.25) is 0 Å². The van der Waals surface area contributed by atoms with Gasteiger partial charge < -0.3 is 5.11 Å². The molecule has 2 aromatic heterocycles. The van der Waals surface area contributed by atoms with E-state index < -0.39 is 22.2 Å². The van der Waals surface area contributed by atoms with Crippen LogP contribution in [0, 0.1) is 0 Å². The standard InChI is InChI=1S/C12H8N2O5/c15-2-1-4-7-5(9(16)13-11(7)18)3-6-8(4)12(19)14-10(6)17/h3,15H,1-2H2,(H,13,16,18)(H,14,17,19). The van der Waals surface area contributed by atoms with E-state index in [2.05, 4.69) is 9.97 Å². The van der Waals surface area contributed by atoms with Crippen LogP contribution in [0.15, 0.2) is 25.2 Å². The van der Waals surface area contributed by atoms with Crippen LogP contribution in [0.4, 0.5) is 0 Å². The van der Waals surface area contributed by atoms with Crippen LogP contribution in [0.25, 0.3) is 21.5 Å². The van der Waals surface area contributed by atoms with Gasteiger partial charge in [-0.15, -0.1) is 0 Å². The van der Waals surface area contributed by atoms with Gasteiger partial charge in [-0.3, -0.25) is 29.1 Å². The fraction of sp³-hybridized carbons (Fsp3) is 0.167. The van der Waals surface area contributed by atoms with Crippen molar-refractivity contribution in [1.29, 1.82) is 0 Å². The molecule has 1 aromatic carbocycles. The lowest BCUT2D eigenvalue weighted by atomic mass is 10.0. The van der Waals surface area contributed by atoms with Crippen LogP contribution in [-0.4, -0.2) is 21.7 Å². The lowest BCUT2D eigenvalue weighted by molar-refractivity contribution is 0.300. The number of H-pyrrole nitrogens is 2. The summed E-state index contributed by atoms with van der Waals surface area (Å²) in [5.74, 6) is 0. The summed E-state index contributed by atoms with van der Waals surface area (Å²) in [5, 5.41) is 9.33. The van der Waals surface area contributed by atoms with Crippen LogP contribution in [0.5, 0.6) is 0 Å². The monoisotopic (exact) mass is 260 g/mol. The Kier molecular flexibility index (Phi) is 2.26. The van der Waals surface area contributed by atoms with Crippen LogP contribution in [0.1, 0.15) is 5.56 Å². The van der Waals surface area contributed by atoms with Crippen molar-refractivity contribution in [2.24, 2.45) is 0 Å². The summed E-state index contributed by atoms with van der Waals surface area (Å²) in [7, 11) is 0. The van der Waals surface area contributed by atoms with Gasteiger partial charge >= 0.3 is 0 Å². The maximum Gasteiger partial charge on any atom is 0.259 e. The maximum absolute atomic E-state index is 11.7.